The van der Waals surface area contributed by atoms with E-state index in [0.29, 0.717) is 19.5 Å². The molecule has 1 N–H and O–H groups in total. The summed E-state index contributed by atoms with van der Waals surface area (Å²) in [6.07, 6.45) is -3.25. The van der Waals surface area contributed by atoms with Crippen LogP contribution in [0.15, 0.2) is 0 Å². The second-order valence-electron chi connectivity index (χ2n) is 4.64. The molecule has 0 aromatic carbocycles. The van der Waals surface area contributed by atoms with E-state index in [1.165, 1.54) is 4.90 Å². The van der Waals surface area contributed by atoms with E-state index in [4.69, 9.17) is 5.11 Å². The molecule has 0 bridgehead atoms. The Morgan fingerprint density at radius 3 is 2.16 bits per heavy atom. The summed E-state index contributed by atoms with van der Waals surface area (Å²) in [6.45, 7) is 1.69. The van der Waals surface area contributed by atoms with E-state index < -0.39 is 30.9 Å². The summed E-state index contributed by atoms with van der Waals surface area (Å²) >= 11 is 0. The van der Waals surface area contributed by atoms with Crippen molar-refractivity contribution in [1.82, 2.24) is 9.80 Å². The maximum atomic E-state index is 12.9. The van der Waals surface area contributed by atoms with Gasteiger partial charge in [0.2, 0.25) is 0 Å². The summed E-state index contributed by atoms with van der Waals surface area (Å²) < 4.78 is 49.9. The number of carboxylic acids is 1. The van der Waals surface area contributed by atoms with Gasteiger partial charge in [0, 0.05) is 26.2 Å². The van der Waals surface area contributed by atoms with Crippen LogP contribution < -0.4 is 0 Å². The molecule has 8 heteroatoms. The first-order valence-corrected chi connectivity index (χ1v) is 6.13. The Bertz CT molecular complexity index is 307. The molecule has 1 heterocycles. The van der Waals surface area contributed by atoms with Crippen LogP contribution in [-0.4, -0.2) is 72.0 Å². The minimum Gasteiger partial charge on any atom is -0.480 e. The molecular formula is C11H18F4N2O2. The number of aliphatic carboxylic acids is 1. The van der Waals surface area contributed by atoms with Crippen LogP contribution in [0.1, 0.15) is 13.3 Å². The molecule has 0 amide bonds. The summed E-state index contributed by atoms with van der Waals surface area (Å²) in [4.78, 5) is 13.9. The highest BCUT2D eigenvalue weighted by atomic mass is 19.3. The average Bonchev–Trinajstić information content (AvgIpc) is 2.31. The molecule has 0 saturated carbocycles. The number of nitrogens with zero attached hydrogens (tertiary/aromatic N) is 2. The number of hydrogen-bond acceptors (Lipinski definition) is 3. The van der Waals surface area contributed by atoms with Crippen molar-refractivity contribution >= 4 is 5.97 Å². The smallest absolute Gasteiger partial charge is 0.320 e. The molecule has 112 valence electrons. The van der Waals surface area contributed by atoms with E-state index in [2.05, 4.69) is 0 Å². The second-order valence-corrected chi connectivity index (χ2v) is 4.64. The van der Waals surface area contributed by atoms with Gasteiger partial charge < -0.3 is 5.11 Å². The number of alkyl halides is 4. The Morgan fingerprint density at radius 1 is 1.26 bits per heavy atom. The molecular weight excluding hydrogens is 268 g/mol. The van der Waals surface area contributed by atoms with Crippen molar-refractivity contribution in [2.45, 2.75) is 31.7 Å². The molecule has 1 fully saturated rings. The van der Waals surface area contributed by atoms with E-state index in [-0.39, 0.29) is 13.1 Å². The summed E-state index contributed by atoms with van der Waals surface area (Å²) in [7, 11) is 0. The Hall–Kier alpha value is -0.890. The van der Waals surface area contributed by atoms with Crippen molar-refractivity contribution in [3.8, 4) is 0 Å². The molecule has 4 nitrogen and oxygen atoms in total. The SMILES string of the molecule is CC[C@@H](C(=O)O)N1CCN(CC(F)(F)C(F)F)CC1. The van der Waals surface area contributed by atoms with Crippen LogP contribution in [0.3, 0.4) is 0 Å². The second kappa shape index (κ2) is 6.51. The Labute approximate surface area is 109 Å². The highest BCUT2D eigenvalue weighted by Crippen LogP contribution is 2.24. The van der Waals surface area contributed by atoms with Crippen molar-refractivity contribution in [3.63, 3.8) is 0 Å². The molecule has 1 atom stereocenters. The third kappa shape index (κ3) is 4.31. The van der Waals surface area contributed by atoms with Crippen LogP contribution in [0.2, 0.25) is 0 Å². The predicted molar refractivity (Wildman–Crippen MR) is 60.7 cm³/mol. The largest absolute Gasteiger partial charge is 0.480 e. The highest BCUT2D eigenvalue weighted by Gasteiger charge is 2.43. The van der Waals surface area contributed by atoms with Gasteiger partial charge >= 0.3 is 18.3 Å². The highest BCUT2D eigenvalue weighted by molar-refractivity contribution is 5.73. The number of rotatable bonds is 6. The van der Waals surface area contributed by atoms with E-state index in [0.717, 1.165) is 0 Å². The van der Waals surface area contributed by atoms with E-state index in [1.807, 2.05) is 0 Å². The Morgan fingerprint density at radius 2 is 1.79 bits per heavy atom. The fourth-order valence-electron chi connectivity index (χ4n) is 2.19. The fourth-order valence-corrected chi connectivity index (χ4v) is 2.19. The molecule has 19 heavy (non-hydrogen) atoms. The van der Waals surface area contributed by atoms with Crippen molar-refractivity contribution in [2.75, 3.05) is 32.7 Å². The zero-order chi connectivity index (χ0) is 14.6. The third-order valence-electron chi connectivity index (χ3n) is 3.27. The molecule has 1 rings (SSSR count). The number of hydrogen-bond donors (Lipinski definition) is 1. The normalized spacial score (nSPS) is 20.7. The molecule has 0 aromatic heterocycles. The standard InChI is InChI=1S/C11H18F4N2O2/c1-2-8(9(18)19)17-5-3-16(4-6-17)7-11(14,15)10(12)13/h8,10H,2-7H2,1H3,(H,18,19)/t8-/m0/s1. The quantitative estimate of drug-likeness (QED) is 0.749. The lowest BCUT2D eigenvalue weighted by Gasteiger charge is -2.38. The summed E-state index contributed by atoms with van der Waals surface area (Å²) in [5, 5.41) is 8.98. The fraction of sp³-hybridized carbons (Fsp3) is 0.909. The van der Waals surface area contributed by atoms with Gasteiger partial charge in [0.05, 0.1) is 6.54 Å². The van der Waals surface area contributed by atoms with Crippen LogP contribution in [0.5, 0.6) is 0 Å². The lowest BCUT2D eigenvalue weighted by molar-refractivity contribution is -0.150. The molecule has 1 aliphatic heterocycles. The van der Waals surface area contributed by atoms with Gasteiger partial charge in [-0.25, -0.2) is 8.78 Å². The summed E-state index contributed by atoms with van der Waals surface area (Å²) in [5.41, 5.74) is 0. The lowest BCUT2D eigenvalue weighted by Crippen LogP contribution is -2.55. The number of halogens is 4. The lowest BCUT2D eigenvalue weighted by atomic mass is 10.1. The monoisotopic (exact) mass is 286 g/mol. The van der Waals surface area contributed by atoms with Gasteiger partial charge in [-0.2, -0.15) is 8.78 Å². The van der Waals surface area contributed by atoms with Crippen molar-refractivity contribution in [1.29, 1.82) is 0 Å². The van der Waals surface area contributed by atoms with Crippen molar-refractivity contribution in [3.05, 3.63) is 0 Å². The zero-order valence-electron chi connectivity index (χ0n) is 10.7. The summed E-state index contributed by atoms with van der Waals surface area (Å²) in [6, 6.07) is -0.641. The first-order chi connectivity index (χ1) is 8.77. The minimum absolute atomic E-state index is 0.173. The van der Waals surface area contributed by atoms with E-state index in [9.17, 15) is 22.4 Å². The maximum Gasteiger partial charge on any atom is 0.320 e. The van der Waals surface area contributed by atoms with Crippen molar-refractivity contribution < 1.29 is 27.5 Å². The summed E-state index contributed by atoms with van der Waals surface area (Å²) in [5.74, 6) is -4.96. The van der Waals surface area contributed by atoms with Gasteiger partial charge in [0.15, 0.2) is 0 Å². The van der Waals surface area contributed by atoms with Gasteiger partial charge in [-0.15, -0.1) is 0 Å². The van der Waals surface area contributed by atoms with Gasteiger partial charge in [0.1, 0.15) is 6.04 Å². The van der Waals surface area contributed by atoms with Gasteiger partial charge in [-0.1, -0.05) is 6.92 Å². The zero-order valence-corrected chi connectivity index (χ0v) is 10.7. The third-order valence-corrected chi connectivity index (χ3v) is 3.27. The van der Waals surface area contributed by atoms with Gasteiger partial charge in [-0.05, 0) is 6.42 Å². The van der Waals surface area contributed by atoms with Crippen LogP contribution in [0.25, 0.3) is 0 Å². The molecule has 1 aliphatic rings. The van der Waals surface area contributed by atoms with Crippen LogP contribution >= 0.6 is 0 Å². The molecule has 0 unspecified atom stereocenters. The van der Waals surface area contributed by atoms with Crippen molar-refractivity contribution in [2.24, 2.45) is 0 Å². The van der Waals surface area contributed by atoms with Crippen LogP contribution in [0.4, 0.5) is 17.6 Å². The van der Waals surface area contributed by atoms with Gasteiger partial charge in [0.25, 0.3) is 0 Å². The number of carbonyl (C=O) groups is 1. The Balaban J connectivity index is 2.47. The van der Waals surface area contributed by atoms with Crippen LogP contribution in [0, 0.1) is 0 Å². The van der Waals surface area contributed by atoms with Gasteiger partial charge in [-0.3, -0.25) is 14.6 Å². The first-order valence-electron chi connectivity index (χ1n) is 6.13. The predicted octanol–water partition coefficient (Wildman–Crippen LogP) is 1.37. The minimum atomic E-state index is -4.01. The maximum absolute atomic E-state index is 12.9. The van der Waals surface area contributed by atoms with E-state index >= 15 is 0 Å². The van der Waals surface area contributed by atoms with E-state index in [1.54, 1.807) is 11.8 Å². The molecule has 0 radical (unpaired) electrons. The number of piperazine rings is 1. The average molecular weight is 286 g/mol. The Kier molecular flexibility index (Phi) is 5.54. The number of carboxylic acid groups (broad SMARTS) is 1. The van der Waals surface area contributed by atoms with Crippen LogP contribution in [-0.2, 0) is 4.79 Å². The topological polar surface area (TPSA) is 43.8 Å². The molecule has 0 aliphatic carbocycles. The molecule has 0 aromatic rings. The first kappa shape index (κ1) is 16.2. The molecule has 1 saturated heterocycles. The molecule has 0 spiro atoms.